The van der Waals surface area contributed by atoms with E-state index in [2.05, 4.69) is 9.97 Å². The Kier molecular flexibility index (Phi) is 3.84. The zero-order valence-electron chi connectivity index (χ0n) is 5.72. The minimum Gasteiger partial charge on any atom is -0.238 e. The van der Waals surface area contributed by atoms with Crippen molar-refractivity contribution in [2.24, 2.45) is 0 Å². The monoisotopic (exact) mass is 244 g/mol. The molecule has 0 amide bonds. The van der Waals surface area contributed by atoms with Gasteiger partial charge in [0.15, 0.2) is 10.7 Å². The maximum Gasteiger partial charge on any atom is 0.167 e. The van der Waals surface area contributed by atoms with Crippen LogP contribution in [-0.2, 0) is 0 Å². The van der Waals surface area contributed by atoms with E-state index in [-0.39, 0.29) is 0 Å². The van der Waals surface area contributed by atoms with Crippen LogP contribution < -0.4 is 0 Å². The molecule has 0 radical (unpaired) electrons. The van der Waals surface area contributed by atoms with Crippen molar-refractivity contribution in [3.05, 3.63) is 23.8 Å². The fourth-order valence-electron chi connectivity index (χ4n) is 0.615. The first-order valence-electron chi connectivity index (χ1n) is 3.00. The van der Waals surface area contributed by atoms with Gasteiger partial charge in [-0.2, -0.15) is 0 Å². The SMILES string of the molecule is ClC(Cl)c1ccnc(C(Cl)Cl)n1. The zero-order chi connectivity index (χ0) is 9.14. The molecule has 0 aromatic carbocycles. The van der Waals surface area contributed by atoms with E-state index in [1.165, 1.54) is 6.20 Å². The number of rotatable bonds is 2. The molecular weight excluding hydrogens is 242 g/mol. The summed E-state index contributed by atoms with van der Waals surface area (Å²) < 4.78 is 0. The highest BCUT2D eigenvalue weighted by molar-refractivity contribution is 6.44. The Morgan fingerprint density at radius 3 is 2.25 bits per heavy atom. The summed E-state index contributed by atoms with van der Waals surface area (Å²) >= 11 is 22.2. The Bertz CT molecular complexity index is 240. The van der Waals surface area contributed by atoms with Crippen LogP contribution in [0.3, 0.4) is 0 Å². The van der Waals surface area contributed by atoms with E-state index >= 15 is 0 Å². The Hall–Kier alpha value is 0.240. The lowest BCUT2D eigenvalue weighted by Crippen LogP contribution is -1.97. The standard InChI is InChI=1S/C6H4Cl4N2/c7-4(8)3-1-2-11-6(12-3)5(9)10/h1-2,4-5H. The molecule has 1 rings (SSSR count). The quantitative estimate of drug-likeness (QED) is 0.747. The van der Waals surface area contributed by atoms with Crippen molar-refractivity contribution in [1.29, 1.82) is 0 Å². The number of nitrogens with zero attached hydrogens (tertiary/aromatic N) is 2. The maximum atomic E-state index is 5.57. The van der Waals surface area contributed by atoms with Crippen molar-refractivity contribution < 1.29 is 0 Å². The van der Waals surface area contributed by atoms with E-state index < -0.39 is 9.67 Å². The van der Waals surface area contributed by atoms with Gasteiger partial charge in [0.05, 0.1) is 5.69 Å². The second-order valence-corrected chi connectivity index (χ2v) is 4.13. The van der Waals surface area contributed by atoms with Gasteiger partial charge in [-0.25, -0.2) is 9.97 Å². The van der Waals surface area contributed by atoms with Crippen LogP contribution in [0.2, 0.25) is 0 Å². The van der Waals surface area contributed by atoms with Crippen molar-refractivity contribution in [3.8, 4) is 0 Å². The third-order valence-corrected chi connectivity index (χ3v) is 1.95. The minimum absolute atomic E-state index is 0.308. The van der Waals surface area contributed by atoms with Gasteiger partial charge in [-0.15, -0.1) is 0 Å². The molecule has 66 valence electrons. The molecule has 0 N–H and O–H groups in total. The predicted octanol–water partition coefficient (Wildman–Crippen LogP) is 3.43. The Morgan fingerprint density at radius 1 is 1.08 bits per heavy atom. The Morgan fingerprint density at radius 2 is 1.75 bits per heavy atom. The number of alkyl halides is 4. The second-order valence-electron chi connectivity index (χ2n) is 1.94. The molecule has 0 atom stereocenters. The van der Waals surface area contributed by atoms with Crippen LogP contribution in [0.15, 0.2) is 12.3 Å². The summed E-state index contributed by atoms with van der Waals surface area (Å²) in [5.74, 6) is 0.308. The summed E-state index contributed by atoms with van der Waals surface area (Å²) in [7, 11) is 0. The molecule has 0 aliphatic rings. The lowest BCUT2D eigenvalue weighted by atomic mass is 10.4. The van der Waals surface area contributed by atoms with E-state index in [1.807, 2.05) is 0 Å². The molecule has 0 fully saturated rings. The molecule has 0 spiro atoms. The van der Waals surface area contributed by atoms with Crippen LogP contribution in [0.25, 0.3) is 0 Å². The third kappa shape index (κ3) is 2.63. The normalized spacial score (nSPS) is 11.2. The van der Waals surface area contributed by atoms with Crippen LogP contribution >= 0.6 is 46.4 Å². The van der Waals surface area contributed by atoms with Crippen LogP contribution in [0.1, 0.15) is 21.2 Å². The molecule has 12 heavy (non-hydrogen) atoms. The molecule has 1 heterocycles. The summed E-state index contributed by atoms with van der Waals surface area (Å²) in [4.78, 5) is 6.33. The van der Waals surface area contributed by atoms with E-state index in [0.29, 0.717) is 11.5 Å². The predicted molar refractivity (Wildman–Crippen MR) is 50.9 cm³/mol. The molecule has 2 nitrogen and oxygen atoms in total. The molecule has 0 saturated heterocycles. The maximum absolute atomic E-state index is 5.57. The molecular formula is C6H4Cl4N2. The van der Waals surface area contributed by atoms with Crippen LogP contribution in [0.4, 0.5) is 0 Å². The molecule has 0 aliphatic heterocycles. The molecule has 6 heteroatoms. The fraction of sp³-hybridized carbons (Fsp3) is 0.333. The zero-order valence-corrected chi connectivity index (χ0v) is 8.74. The smallest absolute Gasteiger partial charge is 0.167 e. The van der Waals surface area contributed by atoms with Crippen molar-refractivity contribution >= 4 is 46.4 Å². The number of hydrogen-bond donors (Lipinski definition) is 0. The number of halogens is 4. The van der Waals surface area contributed by atoms with Gasteiger partial charge < -0.3 is 0 Å². The van der Waals surface area contributed by atoms with Gasteiger partial charge in [0.2, 0.25) is 0 Å². The van der Waals surface area contributed by atoms with E-state index in [0.717, 1.165) is 0 Å². The lowest BCUT2D eigenvalue weighted by Gasteiger charge is -2.03. The number of hydrogen-bond acceptors (Lipinski definition) is 2. The van der Waals surface area contributed by atoms with Crippen molar-refractivity contribution in [3.63, 3.8) is 0 Å². The molecule has 0 bridgehead atoms. The Balaban J connectivity index is 2.96. The van der Waals surface area contributed by atoms with Gasteiger partial charge in [-0.05, 0) is 6.07 Å². The first-order chi connectivity index (χ1) is 5.61. The second kappa shape index (κ2) is 4.47. The van der Waals surface area contributed by atoms with Crippen LogP contribution in [0.5, 0.6) is 0 Å². The van der Waals surface area contributed by atoms with Crippen molar-refractivity contribution in [2.75, 3.05) is 0 Å². The summed E-state index contributed by atoms with van der Waals surface area (Å²) in [6, 6.07) is 1.60. The van der Waals surface area contributed by atoms with Gasteiger partial charge >= 0.3 is 0 Å². The molecule has 1 aromatic rings. The average molecular weight is 246 g/mol. The molecule has 1 aromatic heterocycles. The topological polar surface area (TPSA) is 25.8 Å². The molecule has 0 unspecified atom stereocenters. The van der Waals surface area contributed by atoms with Crippen LogP contribution in [0, 0.1) is 0 Å². The highest BCUT2D eigenvalue weighted by atomic mass is 35.5. The Labute approximate surface area is 89.8 Å². The van der Waals surface area contributed by atoms with Gasteiger partial charge in [0.25, 0.3) is 0 Å². The minimum atomic E-state index is -0.753. The lowest BCUT2D eigenvalue weighted by molar-refractivity contribution is 0.962. The third-order valence-electron chi connectivity index (χ3n) is 1.11. The largest absolute Gasteiger partial charge is 0.238 e. The van der Waals surface area contributed by atoms with Gasteiger partial charge in [0.1, 0.15) is 4.84 Å². The number of aromatic nitrogens is 2. The van der Waals surface area contributed by atoms with Crippen molar-refractivity contribution in [1.82, 2.24) is 9.97 Å². The van der Waals surface area contributed by atoms with Crippen molar-refractivity contribution in [2.45, 2.75) is 9.67 Å². The van der Waals surface area contributed by atoms with Gasteiger partial charge in [0, 0.05) is 6.20 Å². The van der Waals surface area contributed by atoms with Gasteiger partial charge in [-0.3, -0.25) is 0 Å². The molecule has 0 saturated carbocycles. The highest BCUT2D eigenvalue weighted by Gasteiger charge is 2.10. The fourth-order valence-corrected chi connectivity index (χ4v) is 1.07. The first-order valence-corrected chi connectivity index (χ1v) is 4.75. The average Bonchev–Trinajstić information content (AvgIpc) is 2.04. The van der Waals surface area contributed by atoms with Crippen LogP contribution in [-0.4, -0.2) is 9.97 Å². The highest BCUT2D eigenvalue weighted by Crippen LogP contribution is 2.25. The first kappa shape index (κ1) is 10.3. The summed E-state index contributed by atoms with van der Waals surface area (Å²) in [6.07, 6.45) is 1.51. The molecule has 0 aliphatic carbocycles. The van der Waals surface area contributed by atoms with E-state index in [4.69, 9.17) is 46.4 Å². The van der Waals surface area contributed by atoms with E-state index in [1.54, 1.807) is 6.07 Å². The summed E-state index contributed by atoms with van der Waals surface area (Å²) in [5.41, 5.74) is 0.495. The summed E-state index contributed by atoms with van der Waals surface area (Å²) in [5, 5.41) is 0. The summed E-state index contributed by atoms with van der Waals surface area (Å²) in [6.45, 7) is 0. The van der Waals surface area contributed by atoms with E-state index in [9.17, 15) is 0 Å². The van der Waals surface area contributed by atoms with Gasteiger partial charge in [-0.1, -0.05) is 46.4 Å².